The van der Waals surface area contributed by atoms with Gasteiger partial charge < -0.3 is 127 Å². The molecule has 0 radical (unpaired) electrons. The van der Waals surface area contributed by atoms with E-state index in [2.05, 4.69) is 0 Å². The Balaban J connectivity index is -0.000000648. The molecule has 1 fully saturated rings. The van der Waals surface area contributed by atoms with E-state index >= 15 is 0 Å². The molecule has 1 heterocycles. The fraction of sp³-hybridized carbons (Fsp3) is 0.756. The molecule has 1 aliphatic rings. The fourth-order valence-electron chi connectivity index (χ4n) is 6.10. The van der Waals surface area contributed by atoms with Crippen LogP contribution in [-0.4, -0.2) is 185 Å². The molecule has 0 aliphatic carbocycles. The zero-order valence-corrected chi connectivity index (χ0v) is 72.4. The largest absolute Gasteiger partial charge is 1.00 e. The minimum absolute atomic E-state index is 0. The van der Waals surface area contributed by atoms with E-state index in [4.69, 9.17) is 28.4 Å². The molecule has 5 unspecified atom stereocenters. The fourth-order valence-corrected chi connectivity index (χ4v) is 10.9. The normalized spacial score (nSPS) is 17.4. The van der Waals surface area contributed by atoms with Crippen molar-refractivity contribution in [2.24, 2.45) is 0 Å². The number of aliphatic carboxylic acids is 10. The van der Waals surface area contributed by atoms with E-state index in [9.17, 15) is 99.0 Å². The van der Waals surface area contributed by atoms with Gasteiger partial charge in [-0.05, 0) is 60.9 Å². The zero-order valence-electron chi connectivity index (χ0n) is 48.3. The van der Waals surface area contributed by atoms with E-state index in [-0.39, 0.29) is 396 Å². The summed E-state index contributed by atoms with van der Waals surface area (Å²) < 4.78 is 37.1. The molecule has 0 bridgehead atoms. The minimum atomic E-state index is -1.66. The predicted molar refractivity (Wildman–Crippen MR) is 232 cm³/mol. The summed E-state index contributed by atoms with van der Waals surface area (Å²) in [4.78, 5) is 113. The predicted octanol–water partition coefficient (Wildman–Crippen LogP) is -41.2. The van der Waals surface area contributed by atoms with Crippen LogP contribution in [0.3, 0.4) is 0 Å². The number of hydrogen-bond donors (Lipinski definition) is 0. The second kappa shape index (κ2) is 67.2. The van der Waals surface area contributed by atoms with Crippen LogP contribution in [0.2, 0.25) is 0 Å². The summed E-state index contributed by atoms with van der Waals surface area (Å²) in [5.41, 5.74) is 0. The molecule has 0 spiro atoms. The molecule has 0 aromatic rings. The number of carbonyl (C=O) groups is 10. The summed E-state index contributed by atoms with van der Waals surface area (Å²) in [6.45, 7) is -1.20. The molecule has 0 aromatic heterocycles. The summed E-state index contributed by atoms with van der Waals surface area (Å²) in [5.74, 6) is -16.2. The second-order valence-corrected chi connectivity index (χ2v) is 21.6. The number of carboxylic acids is 10. The van der Waals surface area contributed by atoms with Gasteiger partial charge in [-0.2, -0.15) is 58.8 Å². The van der Waals surface area contributed by atoms with Crippen LogP contribution in [0.4, 0.5) is 0 Å². The van der Waals surface area contributed by atoms with Crippen LogP contribution in [-0.2, 0) is 76.4 Å². The number of carbonyl (C=O) groups excluding carboxylic acids is 10. The maximum absolute atomic E-state index is 11.5. The van der Waals surface area contributed by atoms with Gasteiger partial charge in [0, 0.05) is 115 Å². The van der Waals surface area contributed by atoms with E-state index < -0.39 is 149 Å². The number of thioether (sulfide) groups is 5. The number of rotatable bonds is 46. The summed E-state index contributed by atoms with van der Waals surface area (Å²) in [6.07, 6.45) is -10.1. The molecule has 1 aliphatic heterocycles. The van der Waals surface area contributed by atoms with Gasteiger partial charge in [-0.15, -0.1) is 0 Å². The van der Waals surface area contributed by atoms with E-state index in [1.165, 1.54) is 0 Å². The first-order valence-electron chi connectivity index (χ1n) is 21.8. The van der Waals surface area contributed by atoms with Crippen LogP contribution in [0, 0.1) is 0 Å². The molecule has 82 heavy (non-hydrogen) atoms. The van der Waals surface area contributed by atoms with Crippen molar-refractivity contribution in [3.05, 3.63) is 0 Å². The van der Waals surface area contributed by atoms with Gasteiger partial charge in [-0.1, -0.05) is 0 Å². The van der Waals surface area contributed by atoms with E-state index in [0.717, 1.165) is 58.8 Å². The molecule has 0 amide bonds. The Morgan fingerprint density at radius 1 is 0.329 bits per heavy atom. The first-order valence-corrected chi connectivity index (χ1v) is 27.1. The van der Waals surface area contributed by atoms with E-state index in [1.807, 2.05) is 0 Å². The van der Waals surface area contributed by atoms with Crippen molar-refractivity contribution in [3.63, 3.8) is 0 Å². The van der Waals surface area contributed by atoms with Gasteiger partial charge in [0.2, 0.25) is 0 Å². The van der Waals surface area contributed by atoms with Crippen LogP contribution < -0.4 is 347 Å². The third-order valence-electron chi connectivity index (χ3n) is 9.34. The van der Waals surface area contributed by atoms with Gasteiger partial charge in [-0.25, -0.2) is 0 Å². The van der Waals surface area contributed by atoms with Crippen molar-refractivity contribution in [2.45, 2.75) is 121 Å². The van der Waals surface area contributed by atoms with E-state index in [1.54, 1.807) is 0 Å². The molecule has 1 rings (SSSR count). The summed E-state index contributed by atoms with van der Waals surface area (Å²) in [6, 6.07) is 0. The zero-order chi connectivity index (χ0) is 54.2. The van der Waals surface area contributed by atoms with Crippen molar-refractivity contribution < 1.29 is 423 Å². The molecule has 41 heteroatoms. The van der Waals surface area contributed by atoms with Gasteiger partial charge in [0.1, 0.15) is 24.4 Å². The van der Waals surface area contributed by atoms with Gasteiger partial charge in [0.25, 0.3) is 0 Å². The Kier molecular flexibility index (Phi) is 89.9. The number of carboxylic acid groups (broad SMARTS) is 10. The van der Waals surface area contributed by atoms with Crippen LogP contribution in [0.5, 0.6) is 0 Å². The van der Waals surface area contributed by atoms with Crippen LogP contribution >= 0.6 is 58.8 Å². The van der Waals surface area contributed by atoms with E-state index in [0.29, 0.717) is 0 Å². The molecule has 412 valence electrons. The molecular weight excluding hydrogens is 1300 g/mol. The van der Waals surface area contributed by atoms with Gasteiger partial charge in [-0.3, -0.25) is 0 Å². The summed E-state index contributed by atoms with van der Waals surface area (Å²) in [5, 5.41) is 106. The number of ether oxygens (including phenoxy) is 6. The Labute approximate surface area is 717 Å². The van der Waals surface area contributed by atoms with Gasteiger partial charge in [0.05, 0.1) is 43.1 Å². The molecule has 0 aromatic carbocycles. The Morgan fingerprint density at radius 3 is 0.817 bits per heavy atom. The minimum Gasteiger partial charge on any atom is -0.550 e. The quantitative estimate of drug-likeness (QED) is 0.0403. The monoisotopic (exact) mass is 1350 g/mol. The summed E-state index contributed by atoms with van der Waals surface area (Å²) in [7, 11) is 0. The van der Waals surface area contributed by atoms with Crippen molar-refractivity contribution in [1.82, 2.24) is 0 Å². The van der Waals surface area contributed by atoms with Crippen molar-refractivity contribution >= 4 is 119 Å². The molecule has 0 N–H and O–H groups in total. The van der Waals surface area contributed by atoms with Crippen molar-refractivity contribution in [1.29, 1.82) is 0 Å². The number of hydrogen-bond acceptors (Lipinski definition) is 31. The third-order valence-corrected chi connectivity index (χ3v) is 15.8. The third kappa shape index (κ3) is 54.5. The molecule has 26 nitrogen and oxygen atoms in total. The van der Waals surface area contributed by atoms with Crippen molar-refractivity contribution in [3.8, 4) is 0 Å². The van der Waals surface area contributed by atoms with Crippen LogP contribution in [0.15, 0.2) is 0 Å². The Morgan fingerprint density at radius 2 is 0.561 bits per heavy atom. The average Bonchev–Trinajstić information content (AvgIpc) is 3.27. The molecular formula is C41H52Na10O26S5. The Hall–Kier alpha value is 6.21. The maximum Gasteiger partial charge on any atom is 1.00 e. The van der Waals surface area contributed by atoms with Crippen LogP contribution in [0.1, 0.15) is 64.2 Å². The smallest absolute Gasteiger partial charge is 0.550 e. The van der Waals surface area contributed by atoms with Crippen LogP contribution in [0.25, 0.3) is 0 Å². The maximum atomic E-state index is 11.5. The second-order valence-electron chi connectivity index (χ2n) is 15.0. The SMILES string of the molecule is O=C([O-])CC(SCCCOC[C@H]1O[C@@H](OCCCSC(CC(=O)[O-])C(=O)[O-])[C@H](OCCCSC(CC(=O)[O-])C(=O)[O-])[C@@H](OCCCSC(CC(=O)[O-])C(=O)[O-])[C@@H]1OCCCSC(CC(=O)[O-])C(=O)[O-])C(=O)[O-].[Na+].[Na+].[Na+].[Na+].[Na+].[Na+].[Na+].[Na+].[Na+].[Na+]. The molecule has 10 atom stereocenters. The molecule has 0 saturated carbocycles. The van der Waals surface area contributed by atoms with Crippen molar-refractivity contribution in [2.75, 3.05) is 68.4 Å². The average molecular weight is 1350 g/mol. The Bertz CT molecular complexity index is 1790. The standard InChI is InChI=1S/C41H62O26S5.10Na/c42-28(43)16-23(36(52)53)68-11-1-6-62-21-22-33(63-7-2-12-69-24(37(54)55)17-29(44)45)34(64-8-3-13-70-25(38(56)57)18-30(46)47)35(65-9-4-14-71-26(39(58)59)19-31(48)49)41(67-22)66-10-5-15-72-27(40(60)61)20-32(50)51;;;;;;;;;;/h22-27,33-35,41H,1-21H2,(H,42,43)(H,44,45)(H,46,47)(H,48,49)(H,50,51)(H,52,53)(H,54,55)(H,56,57)(H,58,59)(H,60,61);;;;;;;;;;/q;10*+1/p-10/t22-,23?,24?,25?,26?,27?,33-,34+,35-,41-;;;;;;;;;;/m1........../s1. The first-order chi connectivity index (χ1) is 34.0. The topological polar surface area (TPSA) is 457 Å². The first kappa shape index (κ1) is 110. The van der Waals surface area contributed by atoms with Gasteiger partial charge >= 0.3 is 296 Å². The van der Waals surface area contributed by atoms with Gasteiger partial charge in [0.15, 0.2) is 6.29 Å². The molecule has 1 saturated heterocycles. The summed E-state index contributed by atoms with van der Waals surface area (Å²) >= 11 is 3.68.